The minimum absolute atomic E-state index is 0.0246. The molecule has 18 heavy (non-hydrogen) atoms. The van der Waals surface area contributed by atoms with Crippen molar-refractivity contribution in [1.29, 1.82) is 0 Å². The van der Waals surface area contributed by atoms with Crippen LogP contribution in [-0.4, -0.2) is 11.2 Å². The van der Waals surface area contributed by atoms with Crippen molar-refractivity contribution in [1.82, 2.24) is 4.98 Å². The van der Waals surface area contributed by atoms with Gasteiger partial charge < -0.3 is 0 Å². The number of nitrogens with zero attached hydrogens (tertiary/aromatic N) is 1. The lowest BCUT2D eigenvalue weighted by molar-refractivity contribution is -0.0935. The van der Waals surface area contributed by atoms with Crippen molar-refractivity contribution >= 4 is 16.9 Å². The molecule has 0 spiro atoms. The van der Waals surface area contributed by atoms with Gasteiger partial charge in [-0.15, -0.1) is 11.3 Å². The summed E-state index contributed by atoms with van der Waals surface area (Å²) in [6.45, 7) is 7.12. The van der Waals surface area contributed by atoms with Crippen molar-refractivity contribution in [2.45, 2.75) is 40.3 Å². The highest BCUT2D eigenvalue weighted by atomic mass is 32.1. The second-order valence-electron chi connectivity index (χ2n) is 4.05. The van der Waals surface area contributed by atoms with Gasteiger partial charge in [0.15, 0.2) is 0 Å². The molecule has 5 heteroatoms. The molecule has 0 fully saturated rings. The molecule has 0 radical (unpaired) electrons. The number of thiazole rings is 1. The van der Waals surface area contributed by atoms with Crippen LogP contribution >= 0.6 is 11.3 Å². The number of aromatic nitrogens is 1. The van der Waals surface area contributed by atoms with E-state index >= 15 is 0 Å². The van der Waals surface area contributed by atoms with Gasteiger partial charge in [0.25, 0.3) is 0 Å². The quantitative estimate of drug-likeness (QED) is 0.702. The van der Waals surface area contributed by atoms with Crippen LogP contribution in [-0.2, 0) is 0 Å². The molecule has 0 saturated heterocycles. The number of allylic oxidation sites excluding steroid dienone is 4. The fourth-order valence-electron chi connectivity index (χ4n) is 1.35. The van der Waals surface area contributed by atoms with E-state index in [0.717, 1.165) is 27.2 Å². The van der Waals surface area contributed by atoms with Gasteiger partial charge in [0.2, 0.25) is 0 Å². The lowest BCUT2D eigenvalue weighted by atomic mass is 10.1. The molecule has 1 heterocycles. The van der Waals surface area contributed by atoms with E-state index in [0.29, 0.717) is 0 Å². The normalized spacial score (nSPS) is 14.2. The Hall–Kier alpha value is -1.10. The molecule has 100 valence electrons. The fourth-order valence-corrected chi connectivity index (χ4v) is 2.25. The van der Waals surface area contributed by atoms with Crippen LogP contribution < -0.4 is 0 Å². The monoisotopic (exact) mass is 275 g/mol. The first-order chi connectivity index (χ1) is 8.25. The zero-order valence-corrected chi connectivity index (χ0v) is 11.7. The van der Waals surface area contributed by atoms with E-state index in [4.69, 9.17) is 0 Å². The number of alkyl halides is 3. The van der Waals surface area contributed by atoms with Gasteiger partial charge in [0, 0.05) is 10.5 Å². The third-order valence-electron chi connectivity index (χ3n) is 2.65. The minimum atomic E-state index is -4.25. The summed E-state index contributed by atoms with van der Waals surface area (Å²) in [5.74, 6) is 0. The van der Waals surface area contributed by atoms with E-state index in [1.165, 1.54) is 24.3 Å². The minimum Gasteiger partial charge on any atom is -0.241 e. The average molecular weight is 275 g/mol. The Morgan fingerprint density at radius 2 is 1.89 bits per heavy atom. The Labute approximate surface area is 109 Å². The number of hydrogen-bond acceptors (Lipinski definition) is 2. The van der Waals surface area contributed by atoms with E-state index in [-0.39, 0.29) is 6.42 Å². The largest absolute Gasteiger partial charge is 0.412 e. The maximum Gasteiger partial charge on any atom is 0.412 e. The van der Waals surface area contributed by atoms with Crippen molar-refractivity contribution in [3.05, 3.63) is 33.3 Å². The van der Waals surface area contributed by atoms with Crippen LogP contribution in [0.15, 0.2) is 17.7 Å². The number of rotatable bonds is 3. The maximum absolute atomic E-state index is 12.5. The molecule has 0 amide bonds. The van der Waals surface area contributed by atoms with Gasteiger partial charge in [-0.25, -0.2) is 4.98 Å². The molecule has 0 unspecified atom stereocenters. The summed E-state index contributed by atoms with van der Waals surface area (Å²) >= 11 is 1.50. The lowest BCUT2D eigenvalue weighted by Gasteiger charge is -2.08. The first-order valence-electron chi connectivity index (χ1n) is 5.64. The van der Waals surface area contributed by atoms with Crippen LogP contribution in [0.25, 0.3) is 5.57 Å². The molecule has 1 aromatic heterocycles. The highest BCUT2D eigenvalue weighted by Crippen LogP contribution is 2.29. The van der Waals surface area contributed by atoms with Gasteiger partial charge in [-0.05, 0) is 32.8 Å². The summed E-state index contributed by atoms with van der Waals surface area (Å²) in [5.41, 5.74) is 1.16. The van der Waals surface area contributed by atoms with E-state index in [1.54, 1.807) is 6.92 Å². The molecule has 0 atom stereocenters. The summed E-state index contributed by atoms with van der Waals surface area (Å²) < 4.78 is 37.6. The summed E-state index contributed by atoms with van der Waals surface area (Å²) in [7, 11) is 0. The average Bonchev–Trinajstić information content (AvgIpc) is 2.58. The summed E-state index contributed by atoms with van der Waals surface area (Å²) in [6, 6.07) is 0. The molecule has 0 aliphatic heterocycles. The van der Waals surface area contributed by atoms with Crippen molar-refractivity contribution < 1.29 is 13.2 Å². The predicted octanol–water partition coefficient (Wildman–Crippen LogP) is 5.06. The molecule has 0 aliphatic carbocycles. The molecule has 1 aromatic rings. The van der Waals surface area contributed by atoms with E-state index < -0.39 is 11.7 Å². The number of aryl methyl sites for hydroxylation is 2. The van der Waals surface area contributed by atoms with Gasteiger partial charge >= 0.3 is 6.18 Å². The second-order valence-corrected chi connectivity index (χ2v) is 5.26. The highest BCUT2D eigenvalue weighted by molar-refractivity contribution is 7.12. The third kappa shape index (κ3) is 3.70. The Morgan fingerprint density at radius 3 is 2.28 bits per heavy atom. The third-order valence-corrected chi connectivity index (χ3v) is 3.85. The Bertz CT molecular complexity index is 461. The topological polar surface area (TPSA) is 12.9 Å². The first kappa shape index (κ1) is 15.0. The Kier molecular flexibility index (Phi) is 4.73. The molecular formula is C13H16F3NS. The molecule has 0 aromatic carbocycles. The SMILES string of the molecule is CC/C(=C\C=C(/C)c1nc(C)c(C)s1)C(F)(F)F. The van der Waals surface area contributed by atoms with E-state index in [9.17, 15) is 13.2 Å². The lowest BCUT2D eigenvalue weighted by Crippen LogP contribution is -2.10. The Morgan fingerprint density at radius 1 is 1.28 bits per heavy atom. The van der Waals surface area contributed by atoms with Gasteiger partial charge in [0.1, 0.15) is 5.01 Å². The smallest absolute Gasteiger partial charge is 0.241 e. The molecule has 0 bridgehead atoms. The zero-order valence-electron chi connectivity index (χ0n) is 10.9. The molecule has 1 nitrogen and oxygen atoms in total. The highest BCUT2D eigenvalue weighted by Gasteiger charge is 2.31. The second kappa shape index (κ2) is 5.69. The van der Waals surface area contributed by atoms with E-state index in [1.807, 2.05) is 13.8 Å². The maximum atomic E-state index is 12.5. The van der Waals surface area contributed by atoms with Gasteiger partial charge in [0.05, 0.1) is 5.69 Å². The summed E-state index contributed by atoms with van der Waals surface area (Å²) in [6.07, 6.45) is -1.64. The van der Waals surface area contributed by atoms with Crippen molar-refractivity contribution in [3.8, 4) is 0 Å². The van der Waals surface area contributed by atoms with Crippen molar-refractivity contribution in [3.63, 3.8) is 0 Å². The van der Waals surface area contributed by atoms with Gasteiger partial charge in [-0.3, -0.25) is 0 Å². The first-order valence-corrected chi connectivity index (χ1v) is 6.46. The predicted molar refractivity (Wildman–Crippen MR) is 69.7 cm³/mol. The van der Waals surface area contributed by atoms with Crippen LogP contribution in [0.2, 0.25) is 0 Å². The summed E-state index contributed by atoms with van der Waals surface area (Å²) in [5, 5.41) is 0.777. The van der Waals surface area contributed by atoms with E-state index in [2.05, 4.69) is 4.98 Å². The van der Waals surface area contributed by atoms with Crippen molar-refractivity contribution in [2.75, 3.05) is 0 Å². The van der Waals surface area contributed by atoms with Crippen LogP contribution in [0.3, 0.4) is 0 Å². The van der Waals surface area contributed by atoms with Crippen LogP contribution in [0.4, 0.5) is 13.2 Å². The molecular weight excluding hydrogens is 259 g/mol. The molecule has 0 aliphatic rings. The number of hydrogen-bond donors (Lipinski definition) is 0. The summed E-state index contributed by atoms with van der Waals surface area (Å²) in [4.78, 5) is 5.41. The Balaban J connectivity index is 2.99. The fraction of sp³-hybridized carbons (Fsp3) is 0.462. The van der Waals surface area contributed by atoms with Crippen LogP contribution in [0, 0.1) is 13.8 Å². The van der Waals surface area contributed by atoms with Gasteiger partial charge in [-0.2, -0.15) is 13.2 Å². The van der Waals surface area contributed by atoms with Crippen LogP contribution in [0.1, 0.15) is 35.8 Å². The molecule has 1 rings (SSSR count). The molecule has 0 N–H and O–H groups in total. The zero-order chi connectivity index (χ0) is 13.9. The van der Waals surface area contributed by atoms with Gasteiger partial charge in [-0.1, -0.05) is 19.1 Å². The van der Waals surface area contributed by atoms with Crippen LogP contribution in [0.5, 0.6) is 0 Å². The van der Waals surface area contributed by atoms with Crippen molar-refractivity contribution in [2.24, 2.45) is 0 Å². The number of halogens is 3. The standard InChI is InChI=1S/C13H16F3NS/c1-5-11(13(14,15)16)7-6-8(2)12-17-9(3)10(4)18-12/h6-7H,5H2,1-4H3/b8-6+,11-7+. The molecule has 0 saturated carbocycles.